The van der Waals surface area contributed by atoms with Gasteiger partial charge in [0.25, 0.3) is 5.91 Å². The van der Waals surface area contributed by atoms with Gasteiger partial charge in [0.05, 0.1) is 17.7 Å². The first-order chi connectivity index (χ1) is 8.10. The molecule has 1 amide bonds. The molecule has 1 aromatic rings. The van der Waals surface area contributed by atoms with Crippen LogP contribution in [-0.2, 0) is 4.79 Å². The van der Waals surface area contributed by atoms with Gasteiger partial charge in [0, 0.05) is 6.54 Å². The number of hydrogen-bond acceptors (Lipinski definition) is 3. The summed E-state index contributed by atoms with van der Waals surface area (Å²) in [5.41, 5.74) is 0.526. The van der Waals surface area contributed by atoms with Crippen molar-refractivity contribution in [3.8, 4) is 12.3 Å². The summed E-state index contributed by atoms with van der Waals surface area (Å²) in [4.78, 5) is 22.4. The van der Waals surface area contributed by atoms with Gasteiger partial charge >= 0.3 is 5.97 Å². The average Bonchev–Trinajstić information content (AvgIpc) is 2.77. The van der Waals surface area contributed by atoms with Crippen molar-refractivity contribution >= 4 is 11.9 Å². The van der Waals surface area contributed by atoms with E-state index in [1.807, 2.05) is 0 Å². The molecule has 0 aromatic carbocycles. The minimum absolute atomic E-state index is 0.0632. The van der Waals surface area contributed by atoms with Gasteiger partial charge in [-0.25, -0.2) is 0 Å². The monoisotopic (exact) mass is 235 g/mol. The number of nitrogens with zero attached hydrogens (tertiary/aromatic N) is 1. The number of carbonyl (C=O) groups is 2. The molecule has 1 unspecified atom stereocenters. The van der Waals surface area contributed by atoms with E-state index in [2.05, 4.69) is 21.4 Å². The van der Waals surface area contributed by atoms with Crippen LogP contribution in [0, 0.1) is 18.3 Å². The second kappa shape index (κ2) is 5.70. The van der Waals surface area contributed by atoms with Gasteiger partial charge in [-0.05, 0) is 6.42 Å². The Balaban J connectivity index is 2.62. The van der Waals surface area contributed by atoms with Crippen LogP contribution < -0.4 is 5.32 Å². The molecular weight excluding hydrogens is 222 g/mol. The number of H-pyrrole nitrogens is 1. The van der Waals surface area contributed by atoms with Crippen molar-refractivity contribution in [1.29, 1.82) is 0 Å². The molecule has 0 radical (unpaired) electrons. The van der Waals surface area contributed by atoms with Crippen LogP contribution in [0.4, 0.5) is 0 Å². The fourth-order valence-corrected chi connectivity index (χ4v) is 1.28. The molecule has 0 fully saturated rings. The van der Waals surface area contributed by atoms with E-state index in [0.717, 1.165) is 0 Å². The Morgan fingerprint density at radius 3 is 2.94 bits per heavy atom. The summed E-state index contributed by atoms with van der Waals surface area (Å²) in [6, 6.07) is 0. The van der Waals surface area contributed by atoms with Gasteiger partial charge in [-0.15, -0.1) is 6.42 Å². The number of aromatic nitrogens is 2. The Morgan fingerprint density at radius 1 is 1.71 bits per heavy atom. The lowest BCUT2D eigenvalue weighted by molar-refractivity contribution is -0.141. The lowest BCUT2D eigenvalue weighted by Crippen LogP contribution is -2.33. The van der Waals surface area contributed by atoms with Gasteiger partial charge in [0.2, 0.25) is 0 Å². The third-order valence-electron chi connectivity index (χ3n) is 2.37. The summed E-state index contributed by atoms with van der Waals surface area (Å²) in [6.45, 7) is 1.81. The number of nitrogens with one attached hydrogen (secondary N) is 2. The molecule has 6 heteroatoms. The van der Waals surface area contributed by atoms with Crippen LogP contribution in [0.5, 0.6) is 0 Å². The zero-order chi connectivity index (χ0) is 12.8. The molecule has 6 nitrogen and oxygen atoms in total. The number of carboxylic acid groups (broad SMARTS) is 1. The van der Waals surface area contributed by atoms with Crippen LogP contribution in [-0.4, -0.2) is 33.7 Å². The molecule has 0 aliphatic heterocycles. The van der Waals surface area contributed by atoms with Crippen molar-refractivity contribution in [3.05, 3.63) is 17.5 Å². The largest absolute Gasteiger partial charge is 0.481 e. The van der Waals surface area contributed by atoms with E-state index in [1.165, 1.54) is 6.20 Å². The van der Waals surface area contributed by atoms with E-state index < -0.39 is 17.8 Å². The van der Waals surface area contributed by atoms with Gasteiger partial charge in [-0.1, -0.05) is 12.8 Å². The lowest BCUT2D eigenvalue weighted by Gasteiger charge is -2.10. The van der Waals surface area contributed by atoms with Crippen molar-refractivity contribution < 1.29 is 14.7 Å². The predicted octanol–water partition coefficient (Wildman–Crippen LogP) is 0.232. The molecular formula is C11H13N3O3. The zero-order valence-electron chi connectivity index (χ0n) is 9.36. The molecule has 1 heterocycles. The first kappa shape index (κ1) is 12.8. The maximum Gasteiger partial charge on any atom is 0.308 e. The second-order valence-electron chi connectivity index (χ2n) is 3.46. The average molecular weight is 235 g/mol. The third-order valence-corrected chi connectivity index (χ3v) is 2.37. The summed E-state index contributed by atoms with van der Waals surface area (Å²) in [5, 5.41) is 17.4. The highest BCUT2D eigenvalue weighted by Gasteiger charge is 2.18. The van der Waals surface area contributed by atoms with Gasteiger partial charge in [-0.3, -0.25) is 14.7 Å². The van der Waals surface area contributed by atoms with Crippen molar-refractivity contribution in [3.63, 3.8) is 0 Å². The number of carboxylic acids is 1. The molecule has 0 saturated carbocycles. The quantitative estimate of drug-likeness (QED) is 0.637. The highest BCUT2D eigenvalue weighted by molar-refractivity contribution is 5.94. The number of amides is 1. The molecule has 17 heavy (non-hydrogen) atoms. The molecule has 1 atom stereocenters. The van der Waals surface area contributed by atoms with Crippen molar-refractivity contribution in [2.45, 2.75) is 13.3 Å². The predicted molar refractivity (Wildman–Crippen MR) is 60.3 cm³/mol. The molecule has 90 valence electrons. The smallest absolute Gasteiger partial charge is 0.308 e. The maximum atomic E-state index is 11.7. The molecule has 1 rings (SSSR count). The highest BCUT2D eigenvalue weighted by atomic mass is 16.4. The van der Waals surface area contributed by atoms with Crippen LogP contribution in [0.25, 0.3) is 0 Å². The SMILES string of the molecule is C#Cc1cn[nH]c1C(=O)NCC(CC)C(=O)O. The molecule has 0 bridgehead atoms. The Hall–Kier alpha value is -2.29. The van der Waals surface area contributed by atoms with Crippen molar-refractivity contribution in [1.82, 2.24) is 15.5 Å². The summed E-state index contributed by atoms with van der Waals surface area (Å²) in [6.07, 6.45) is 6.99. The highest BCUT2D eigenvalue weighted by Crippen LogP contribution is 2.04. The van der Waals surface area contributed by atoms with Gasteiger partial charge in [-0.2, -0.15) is 5.10 Å². The summed E-state index contributed by atoms with van der Waals surface area (Å²) in [5.74, 6) is 0.325. The summed E-state index contributed by atoms with van der Waals surface area (Å²) < 4.78 is 0. The van der Waals surface area contributed by atoms with E-state index >= 15 is 0 Å². The van der Waals surface area contributed by atoms with E-state index in [4.69, 9.17) is 11.5 Å². The number of aromatic amines is 1. The Kier molecular flexibility index (Phi) is 4.29. The number of aliphatic carboxylic acids is 1. The Morgan fingerprint density at radius 2 is 2.41 bits per heavy atom. The molecule has 0 aliphatic rings. The van der Waals surface area contributed by atoms with E-state index in [-0.39, 0.29) is 12.2 Å². The number of terminal acetylenes is 1. The van der Waals surface area contributed by atoms with Crippen molar-refractivity contribution in [2.24, 2.45) is 5.92 Å². The van der Waals surface area contributed by atoms with Crippen LogP contribution in [0.1, 0.15) is 29.4 Å². The fourth-order valence-electron chi connectivity index (χ4n) is 1.28. The topological polar surface area (TPSA) is 95.1 Å². The second-order valence-corrected chi connectivity index (χ2v) is 3.46. The first-order valence-corrected chi connectivity index (χ1v) is 5.11. The van der Waals surface area contributed by atoms with Gasteiger partial charge in [0.1, 0.15) is 5.69 Å². The van der Waals surface area contributed by atoms with E-state index in [0.29, 0.717) is 12.0 Å². The number of carbonyl (C=O) groups excluding carboxylic acids is 1. The number of rotatable bonds is 5. The number of hydrogen-bond donors (Lipinski definition) is 3. The van der Waals surface area contributed by atoms with Crippen LogP contribution in [0.15, 0.2) is 6.20 Å². The lowest BCUT2D eigenvalue weighted by atomic mass is 10.1. The molecule has 0 saturated heterocycles. The Labute approximate surface area is 98.4 Å². The van der Waals surface area contributed by atoms with E-state index in [9.17, 15) is 9.59 Å². The molecule has 1 aromatic heterocycles. The minimum atomic E-state index is -0.936. The van der Waals surface area contributed by atoms with Crippen LogP contribution in [0.2, 0.25) is 0 Å². The standard InChI is InChI=1S/C11H13N3O3/c1-3-7-6-13-14-9(7)10(15)12-5-8(4-2)11(16)17/h1,6,8H,4-5H2,2H3,(H,12,15)(H,13,14)(H,16,17). The summed E-state index contributed by atoms with van der Waals surface area (Å²) in [7, 11) is 0. The molecule has 3 N–H and O–H groups in total. The third kappa shape index (κ3) is 3.08. The molecule has 0 aliphatic carbocycles. The van der Waals surface area contributed by atoms with Gasteiger partial charge in [0.15, 0.2) is 0 Å². The minimum Gasteiger partial charge on any atom is -0.481 e. The Bertz CT molecular complexity index is 459. The van der Waals surface area contributed by atoms with Crippen LogP contribution >= 0.6 is 0 Å². The van der Waals surface area contributed by atoms with Crippen LogP contribution in [0.3, 0.4) is 0 Å². The molecule has 0 spiro atoms. The fraction of sp³-hybridized carbons (Fsp3) is 0.364. The summed E-state index contributed by atoms with van der Waals surface area (Å²) >= 11 is 0. The zero-order valence-corrected chi connectivity index (χ0v) is 9.36. The first-order valence-electron chi connectivity index (χ1n) is 5.11. The van der Waals surface area contributed by atoms with E-state index in [1.54, 1.807) is 6.92 Å². The normalized spacial score (nSPS) is 11.5. The van der Waals surface area contributed by atoms with Gasteiger partial charge < -0.3 is 10.4 Å². The van der Waals surface area contributed by atoms with Crippen molar-refractivity contribution in [2.75, 3.05) is 6.54 Å². The maximum absolute atomic E-state index is 11.7.